The molecule has 1 saturated carbocycles. The van der Waals surface area contributed by atoms with Crippen LogP contribution in [0.5, 0.6) is 5.75 Å². The first-order chi connectivity index (χ1) is 17.6. The second kappa shape index (κ2) is 12.0. The van der Waals surface area contributed by atoms with Crippen molar-refractivity contribution in [3.8, 4) is 5.75 Å². The van der Waals surface area contributed by atoms with Gasteiger partial charge in [-0.25, -0.2) is 0 Å². The summed E-state index contributed by atoms with van der Waals surface area (Å²) in [7, 11) is 0. The summed E-state index contributed by atoms with van der Waals surface area (Å²) in [5.74, 6) is -0.788. The van der Waals surface area contributed by atoms with Gasteiger partial charge >= 0.3 is 0 Å². The summed E-state index contributed by atoms with van der Waals surface area (Å²) < 4.78 is 10.9. The van der Waals surface area contributed by atoms with Crippen molar-refractivity contribution in [2.24, 2.45) is 0 Å². The maximum absolute atomic E-state index is 13.8. The van der Waals surface area contributed by atoms with E-state index in [0.29, 0.717) is 23.6 Å². The molecule has 0 radical (unpaired) electrons. The van der Waals surface area contributed by atoms with Crippen LogP contribution < -0.4 is 20.3 Å². The number of nitrogens with zero attached hydrogens (tertiary/aromatic N) is 2. The number of pyridine rings is 1. The number of ether oxygens (including phenoxy) is 1. The number of benzene rings is 1. The summed E-state index contributed by atoms with van der Waals surface area (Å²) in [6, 6.07) is 12.7. The molecule has 2 heterocycles. The predicted octanol–water partition coefficient (Wildman–Crippen LogP) is 3.64. The summed E-state index contributed by atoms with van der Waals surface area (Å²) in [6.07, 6.45) is 8.47. The number of anilines is 1. The Labute approximate surface area is 209 Å². The average molecular weight is 491 g/mol. The summed E-state index contributed by atoms with van der Waals surface area (Å²) in [6.45, 7) is 1.87. The highest BCUT2D eigenvalue weighted by molar-refractivity contribution is 6.05. The van der Waals surface area contributed by atoms with Crippen molar-refractivity contribution < 1.29 is 23.5 Å². The molecular weight excluding hydrogens is 460 g/mol. The first-order valence-electron chi connectivity index (χ1n) is 12.1. The number of aromatic nitrogens is 1. The Morgan fingerprint density at radius 1 is 1.11 bits per heavy atom. The summed E-state index contributed by atoms with van der Waals surface area (Å²) in [5, 5.41) is 5.71. The van der Waals surface area contributed by atoms with Crippen molar-refractivity contribution >= 4 is 23.4 Å². The van der Waals surface area contributed by atoms with E-state index in [2.05, 4.69) is 15.6 Å². The summed E-state index contributed by atoms with van der Waals surface area (Å²) in [4.78, 5) is 45.5. The first kappa shape index (κ1) is 25.0. The van der Waals surface area contributed by atoms with Crippen molar-refractivity contribution in [1.82, 2.24) is 15.6 Å². The molecule has 2 N–H and O–H groups in total. The van der Waals surface area contributed by atoms with Crippen LogP contribution in [0.15, 0.2) is 71.6 Å². The van der Waals surface area contributed by atoms with E-state index in [1.54, 1.807) is 54.9 Å². The molecule has 1 fully saturated rings. The van der Waals surface area contributed by atoms with Crippen LogP contribution in [0, 0.1) is 0 Å². The number of hydrogen-bond acceptors (Lipinski definition) is 6. The monoisotopic (exact) mass is 490 g/mol. The number of amides is 3. The van der Waals surface area contributed by atoms with Crippen LogP contribution in [0.4, 0.5) is 5.69 Å². The molecule has 9 heteroatoms. The average Bonchev–Trinajstić information content (AvgIpc) is 3.62. The Bertz CT molecular complexity index is 1160. The molecule has 9 nitrogen and oxygen atoms in total. The minimum atomic E-state index is -1.02. The van der Waals surface area contributed by atoms with Gasteiger partial charge in [-0.3, -0.25) is 24.3 Å². The lowest BCUT2D eigenvalue weighted by Crippen LogP contribution is -2.49. The molecule has 0 spiro atoms. The number of hydrogen-bond donors (Lipinski definition) is 2. The van der Waals surface area contributed by atoms with E-state index >= 15 is 0 Å². The lowest BCUT2D eigenvalue weighted by Gasteiger charge is -2.33. The molecule has 2 aromatic heterocycles. The Hall–Kier alpha value is -4.14. The molecule has 3 amide bonds. The lowest BCUT2D eigenvalue weighted by atomic mass is 10.0. The molecule has 0 saturated heterocycles. The number of rotatable bonds is 10. The third-order valence-corrected chi connectivity index (χ3v) is 6.05. The van der Waals surface area contributed by atoms with Crippen LogP contribution in [0.25, 0.3) is 0 Å². The fourth-order valence-corrected chi connectivity index (χ4v) is 4.39. The van der Waals surface area contributed by atoms with Gasteiger partial charge in [-0.05, 0) is 50.1 Å². The van der Waals surface area contributed by atoms with Crippen molar-refractivity contribution in [2.75, 3.05) is 18.1 Å². The van der Waals surface area contributed by atoms with Crippen LogP contribution in [-0.4, -0.2) is 41.9 Å². The zero-order chi connectivity index (χ0) is 25.3. The van der Waals surface area contributed by atoms with Crippen molar-refractivity contribution in [2.45, 2.75) is 44.7 Å². The van der Waals surface area contributed by atoms with Crippen LogP contribution in [-0.2, 0) is 9.59 Å². The molecule has 0 aliphatic heterocycles. The van der Waals surface area contributed by atoms with Gasteiger partial charge in [-0.2, -0.15) is 0 Å². The van der Waals surface area contributed by atoms with Crippen LogP contribution in [0.3, 0.4) is 0 Å². The molecule has 1 aliphatic carbocycles. The number of nitrogens with one attached hydrogen (secondary N) is 2. The quantitative estimate of drug-likeness (QED) is 0.449. The first-order valence-corrected chi connectivity index (χ1v) is 12.1. The van der Waals surface area contributed by atoms with Crippen molar-refractivity contribution in [3.63, 3.8) is 0 Å². The molecule has 0 unspecified atom stereocenters. The predicted molar refractivity (Wildman–Crippen MR) is 134 cm³/mol. The van der Waals surface area contributed by atoms with Gasteiger partial charge in [-0.15, -0.1) is 0 Å². The largest absolute Gasteiger partial charge is 0.492 e. The molecule has 4 rings (SSSR count). The number of furan rings is 1. The Kier molecular flexibility index (Phi) is 8.33. The van der Waals surface area contributed by atoms with Gasteiger partial charge in [0.2, 0.25) is 11.8 Å². The standard InChI is InChI=1S/C27H30N4O5/c1-2-35-22-13-6-5-12-21(22)31(24(32)18-29-26(33)23-14-8-16-36-23)25(19-9-7-15-28-17-19)27(34)30-20-10-3-4-11-20/h5-9,12-17,20,25H,2-4,10-11,18H2,1H3,(H,29,33)(H,30,34)/t25-/m0/s1. The summed E-state index contributed by atoms with van der Waals surface area (Å²) >= 11 is 0. The van der Waals surface area contributed by atoms with E-state index in [4.69, 9.17) is 9.15 Å². The fourth-order valence-electron chi connectivity index (χ4n) is 4.39. The molecule has 188 valence electrons. The topological polar surface area (TPSA) is 114 Å². The van der Waals surface area contributed by atoms with Gasteiger partial charge in [0.1, 0.15) is 11.8 Å². The smallest absolute Gasteiger partial charge is 0.287 e. The van der Waals surface area contributed by atoms with E-state index in [0.717, 1.165) is 25.7 Å². The van der Waals surface area contributed by atoms with Crippen molar-refractivity contribution in [3.05, 3.63) is 78.5 Å². The minimum Gasteiger partial charge on any atom is -0.492 e. The molecule has 36 heavy (non-hydrogen) atoms. The number of para-hydroxylation sites is 2. The second-order valence-corrected chi connectivity index (χ2v) is 8.50. The van der Waals surface area contributed by atoms with E-state index in [1.807, 2.05) is 6.92 Å². The van der Waals surface area contributed by atoms with E-state index in [1.165, 1.54) is 17.2 Å². The fraction of sp³-hybridized carbons (Fsp3) is 0.333. The molecule has 1 aromatic carbocycles. The number of carbonyl (C=O) groups excluding carboxylic acids is 3. The third kappa shape index (κ3) is 5.91. The highest BCUT2D eigenvalue weighted by Gasteiger charge is 2.36. The third-order valence-electron chi connectivity index (χ3n) is 6.05. The molecule has 1 atom stereocenters. The SMILES string of the molecule is CCOc1ccccc1N(C(=O)CNC(=O)c1ccco1)[C@H](C(=O)NC1CCCC1)c1cccnc1. The van der Waals surface area contributed by atoms with Gasteiger partial charge in [0.05, 0.1) is 25.1 Å². The van der Waals surface area contributed by atoms with Gasteiger partial charge in [0.25, 0.3) is 5.91 Å². The van der Waals surface area contributed by atoms with Crippen LogP contribution in [0.1, 0.15) is 54.8 Å². The highest BCUT2D eigenvalue weighted by atomic mass is 16.5. The maximum Gasteiger partial charge on any atom is 0.287 e. The second-order valence-electron chi connectivity index (χ2n) is 8.50. The van der Waals surface area contributed by atoms with Gasteiger partial charge in [0.15, 0.2) is 5.76 Å². The maximum atomic E-state index is 13.8. The summed E-state index contributed by atoms with van der Waals surface area (Å²) in [5.41, 5.74) is 0.969. The van der Waals surface area contributed by atoms with E-state index in [9.17, 15) is 14.4 Å². The molecule has 1 aliphatic rings. The zero-order valence-corrected chi connectivity index (χ0v) is 20.2. The van der Waals surface area contributed by atoms with Crippen LogP contribution in [0.2, 0.25) is 0 Å². The van der Waals surface area contributed by atoms with Gasteiger partial charge < -0.3 is 19.8 Å². The normalized spacial score (nSPS) is 14.1. The molecular formula is C27H30N4O5. The van der Waals surface area contributed by atoms with Gasteiger partial charge in [0, 0.05) is 24.0 Å². The molecule has 3 aromatic rings. The van der Waals surface area contributed by atoms with E-state index < -0.39 is 17.9 Å². The Morgan fingerprint density at radius 3 is 2.61 bits per heavy atom. The van der Waals surface area contributed by atoms with Crippen molar-refractivity contribution in [1.29, 1.82) is 0 Å². The highest BCUT2D eigenvalue weighted by Crippen LogP contribution is 2.35. The Morgan fingerprint density at radius 2 is 1.92 bits per heavy atom. The minimum absolute atomic E-state index is 0.0504. The van der Waals surface area contributed by atoms with Gasteiger partial charge in [-0.1, -0.05) is 31.0 Å². The van der Waals surface area contributed by atoms with Crippen LogP contribution >= 0.6 is 0 Å². The van der Waals surface area contributed by atoms with E-state index in [-0.39, 0.29) is 24.3 Å². The molecule has 0 bridgehead atoms. The lowest BCUT2D eigenvalue weighted by molar-refractivity contribution is -0.126. The zero-order valence-electron chi connectivity index (χ0n) is 20.2. The number of carbonyl (C=O) groups is 3. The Balaban J connectivity index is 1.71.